The average molecular weight is 567 g/mol. The lowest BCUT2D eigenvalue weighted by Gasteiger charge is -2.28. The normalized spacial score (nSPS) is 16.1. The largest absolute Gasteiger partial charge is 0.444 e. The highest BCUT2D eigenvalue weighted by atomic mass is 32.2. The van der Waals surface area contributed by atoms with Crippen molar-refractivity contribution in [3.8, 4) is 0 Å². The first-order valence-electron chi connectivity index (χ1n) is 13.3. The number of aromatic nitrogens is 1. The summed E-state index contributed by atoms with van der Waals surface area (Å²) in [7, 11) is 0. The summed E-state index contributed by atoms with van der Waals surface area (Å²) in [6, 6.07) is 29.3. The van der Waals surface area contributed by atoms with Gasteiger partial charge >= 0.3 is 6.09 Å². The van der Waals surface area contributed by atoms with Crippen molar-refractivity contribution in [2.45, 2.75) is 31.0 Å². The number of amides is 3. The zero-order valence-electron chi connectivity index (χ0n) is 22.3. The molecule has 1 aliphatic rings. The first-order chi connectivity index (χ1) is 20.1. The van der Waals surface area contributed by atoms with Gasteiger partial charge in [0.05, 0.1) is 6.42 Å². The molecular weight excluding hydrogens is 536 g/mol. The van der Waals surface area contributed by atoms with Gasteiger partial charge in [-0.05, 0) is 46.5 Å². The lowest BCUT2D eigenvalue weighted by atomic mass is 10.1. The van der Waals surface area contributed by atoms with Gasteiger partial charge in [0.2, 0.25) is 11.8 Å². The first-order valence-corrected chi connectivity index (χ1v) is 14.3. The Hall–Kier alpha value is -4.63. The lowest BCUT2D eigenvalue weighted by Crippen LogP contribution is -2.45. The SMILES string of the molecule is O=C(Cc1ccc(NC(=O)C2CSC(c3ccncc3)N2C(=O)OCc2ccccc2)cc1)NCc1ccccc1. The fourth-order valence-electron chi connectivity index (χ4n) is 4.49. The number of hydrogen-bond acceptors (Lipinski definition) is 6. The molecule has 2 unspecified atom stereocenters. The second-order valence-corrected chi connectivity index (χ2v) is 10.7. The van der Waals surface area contributed by atoms with Gasteiger partial charge in [-0.1, -0.05) is 72.8 Å². The van der Waals surface area contributed by atoms with Crippen molar-refractivity contribution in [1.29, 1.82) is 0 Å². The summed E-state index contributed by atoms with van der Waals surface area (Å²) in [5.41, 5.74) is 4.18. The molecule has 0 bridgehead atoms. The average Bonchev–Trinajstić information content (AvgIpc) is 3.47. The third-order valence-electron chi connectivity index (χ3n) is 6.63. The van der Waals surface area contributed by atoms with E-state index in [1.54, 1.807) is 24.5 Å². The van der Waals surface area contributed by atoms with Crippen molar-refractivity contribution in [3.05, 3.63) is 132 Å². The highest BCUT2D eigenvalue weighted by Gasteiger charge is 2.43. The number of pyridine rings is 1. The second kappa shape index (κ2) is 13.6. The lowest BCUT2D eigenvalue weighted by molar-refractivity contribution is -0.121. The molecule has 41 heavy (non-hydrogen) atoms. The maximum absolute atomic E-state index is 13.4. The number of anilines is 1. The Balaban J connectivity index is 1.21. The fraction of sp³-hybridized carbons (Fsp3) is 0.188. The maximum atomic E-state index is 13.4. The summed E-state index contributed by atoms with van der Waals surface area (Å²) in [4.78, 5) is 44.7. The zero-order valence-corrected chi connectivity index (χ0v) is 23.1. The summed E-state index contributed by atoms with van der Waals surface area (Å²) >= 11 is 1.50. The predicted molar refractivity (Wildman–Crippen MR) is 159 cm³/mol. The summed E-state index contributed by atoms with van der Waals surface area (Å²) in [5, 5.41) is 5.47. The quantitative estimate of drug-likeness (QED) is 0.284. The van der Waals surface area contributed by atoms with Gasteiger partial charge < -0.3 is 15.4 Å². The number of benzene rings is 3. The number of thioether (sulfide) groups is 1. The van der Waals surface area contributed by atoms with Crippen LogP contribution < -0.4 is 10.6 Å². The van der Waals surface area contributed by atoms with Crippen LogP contribution in [0.15, 0.2) is 109 Å². The number of carbonyl (C=O) groups is 3. The molecule has 1 aromatic heterocycles. The molecular formula is C32H30N4O4S. The minimum absolute atomic E-state index is 0.0829. The number of nitrogens with one attached hydrogen (secondary N) is 2. The van der Waals surface area contributed by atoms with Crippen molar-refractivity contribution in [3.63, 3.8) is 0 Å². The monoisotopic (exact) mass is 566 g/mol. The summed E-state index contributed by atoms with van der Waals surface area (Å²) in [5.74, 6) is 0.0263. The third kappa shape index (κ3) is 7.52. The van der Waals surface area contributed by atoms with Crippen LogP contribution in [0.3, 0.4) is 0 Å². The van der Waals surface area contributed by atoms with Gasteiger partial charge in [0.25, 0.3) is 0 Å². The molecule has 2 N–H and O–H groups in total. The standard InChI is InChI=1S/C32H30N4O4S/c37-29(34-20-24-7-3-1-4-8-24)19-23-11-13-27(14-12-23)35-30(38)28-22-41-31(26-15-17-33-18-16-26)36(28)32(39)40-21-25-9-5-2-6-10-25/h1-18,28,31H,19-22H2,(H,34,37)(H,35,38). The minimum atomic E-state index is -0.732. The van der Waals surface area contributed by atoms with Crippen molar-refractivity contribution in [2.24, 2.45) is 0 Å². The van der Waals surface area contributed by atoms with Crippen LogP contribution in [0.25, 0.3) is 0 Å². The van der Waals surface area contributed by atoms with E-state index in [1.807, 2.05) is 84.9 Å². The van der Waals surface area contributed by atoms with Gasteiger partial charge in [-0.3, -0.25) is 19.5 Å². The van der Waals surface area contributed by atoms with E-state index in [1.165, 1.54) is 16.7 Å². The van der Waals surface area contributed by atoms with Gasteiger partial charge in [-0.2, -0.15) is 0 Å². The smallest absolute Gasteiger partial charge is 0.412 e. The van der Waals surface area contributed by atoms with Gasteiger partial charge in [-0.15, -0.1) is 11.8 Å². The first kappa shape index (κ1) is 27.9. The summed E-state index contributed by atoms with van der Waals surface area (Å²) in [6.07, 6.45) is 3.01. The molecule has 5 rings (SSSR count). The topological polar surface area (TPSA) is 101 Å². The number of carbonyl (C=O) groups excluding carboxylic acids is 3. The minimum Gasteiger partial charge on any atom is -0.444 e. The fourth-order valence-corrected chi connectivity index (χ4v) is 5.91. The van der Waals surface area contributed by atoms with Crippen LogP contribution >= 0.6 is 11.8 Å². The van der Waals surface area contributed by atoms with Crippen LogP contribution in [0.5, 0.6) is 0 Å². The van der Waals surface area contributed by atoms with Gasteiger partial charge in [0.1, 0.15) is 18.0 Å². The van der Waals surface area contributed by atoms with Crippen LogP contribution in [-0.2, 0) is 33.9 Å². The van der Waals surface area contributed by atoms with E-state index in [-0.39, 0.29) is 30.2 Å². The van der Waals surface area contributed by atoms with Crippen LogP contribution in [0.2, 0.25) is 0 Å². The number of ether oxygens (including phenoxy) is 1. The molecule has 3 amide bonds. The molecule has 0 radical (unpaired) electrons. The van der Waals surface area contributed by atoms with Crippen molar-refractivity contribution >= 4 is 35.4 Å². The number of nitrogens with zero attached hydrogens (tertiary/aromatic N) is 2. The van der Waals surface area contributed by atoms with Crippen LogP contribution in [0.1, 0.15) is 27.6 Å². The molecule has 1 fully saturated rings. The summed E-state index contributed by atoms with van der Waals surface area (Å²) < 4.78 is 5.64. The van der Waals surface area contributed by atoms with Crippen LogP contribution in [0, 0.1) is 0 Å². The molecule has 8 nitrogen and oxygen atoms in total. The third-order valence-corrected chi connectivity index (χ3v) is 7.95. The molecule has 2 heterocycles. The van der Waals surface area contributed by atoms with E-state index >= 15 is 0 Å². The van der Waals surface area contributed by atoms with Gasteiger partial charge in [0, 0.05) is 30.4 Å². The molecule has 9 heteroatoms. The Morgan fingerprint density at radius 1 is 0.829 bits per heavy atom. The van der Waals surface area contributed by atoms with Crippen molar-refractivity contribution in [2.75, 3.05) is 11.1 Å². The molecule has 208 valence electrons. The van der Waals surface area contributed by atoms with Gasteiger partial charge in [-0.25, -0.2) is 4.79 Å². The molecule has 4 aromatic rings. The van der Waals surface area contributed by atoms with E-state index < -0.39 is 12.1 Å². The van der Waals surface area contributed by atoms with E-state index in [2.05, 4.69) is 15.6 Å². The van der Waals surface area contributed by atoms with E-state index in [0.717, 1.165) is 22.3 Å². The zero-order chi connectivity index (χ0) is 28.4. The maximum Gasteiger partial charge on any atom is 0.412 e. The van der Waals surface area contributed by atoms with Crippen LogP contribution in [-0.4, -0.2) is 39.6 Å². The molecule has 2 atom stereocenters. The number of hydrogen-bond donors (Lipinski definition) is 2. The summed E-state index contributed by atoms with van der Waals surface area (Å²) in [6.45, 7) is 0.580. The Morgan fingerprint density at radius 3 is 2.17 bits per heavy atom. The Bertz CT molecular complexity index is 1450. The van der Waals surface area contributed by atoms with Crippen LogP contribution in [0.4, 0.5) is 10.5 Å². The molecule has 1 aliphatic heterocycles. The van der Waals surface area contributed by atoms with E-state index in [0.29, 0.717) is 18.0 Å². The second-order valence-electron chi connectivity index (χ2n) is 9.55. The molecule has 0 saturated carbocycles. The number of rotatable bonds is 9. The molecule has 1 saturated heterocycles. The Kier molecular flexibility index (Phi) is 9.28. The van der Waals surface area contributed by atoms with E-state index in [9.17, 15) is 14.4 Å². The van der Waals surface area contributed by atoms with Crippen molar-refractivity contribution < 1.29 is 19.1 Å². The Morgan fingerprint density at radius 2 is 1.49 bits per heavy atom. The highest BCUT2D eigenvalue weighted by molar-refractivity contribution is 7.99. The van der Waals surface area contributed by atoms with E-state index in [4.69, 9.17) is 4.74 Å². The molecule has 3 aromatic carbocycles. The highest BCUT2D eigenvalue weighted by Crippen LogP contribution is 2.42. The van der Waals surface area contributed by atoms with Gasteiger partial charge in [0.15, 0.2) is 0 Å². The predicted octanol–water partition coefficient (Wildman–Crippen LogP) is 5.33. The Labute approximate surface area is 243 Å². The van der Waals surface area contributed by atoms with Crippen molar-refractivity contribution in [1.82, 2.24) is 15.2 Å². The molecule has 0 spiro atoms. The molecule has 0 aliphatic carbocycles.